The lowest BCUT2D eigenvalue weighted by molar-refractivity contribution is -0.130. The fourth-order valence-electron chi connectivity index (χ4n) is 3.38. The first-order chi connectivity index (χ1) is 12.0. The maximum atomic E-state index is 12.5. The van der Waals surface area contributed by atoms with Gasteiger partial charge in [-0.15, -0.1) is 0 Å². The minimum atomic E-state index is -0.638. The molecule has 5 heteroatoms. The maximum absolute atomic E-state index is 12.5. The van der Waals surface area contributed by atoms with Gasteiger partial charge >= 0.3 is 0 Å². The van der Waals surface area contributed by atoms with E-state index in [2.05, 4.69) is 6.07 Å². The average molecular weight is 340 g/mol. The molecule has 1 aromatic rings. The first-order valence-corrected chi connectivity index (χ1v) is 8.82. The van der Waals surface area contributed by atoms with E-state index in [1.807, 2.05) is 26.0 Å². The van der Waals surface area contributed by atoms with Gasteiger partial charge in [0, 0.05) is 30.7 Å². The highest BCUT2D eigenvalue weighted by atomic mass is 16.5. The molecule has 1 aliphatic heterocycles. The van der Waals surface area contributed by atoms with E-state index in [1.54, 1.807) is 18.0 Å². The van der Waals surface area contributed by atoms with E-state index in [-0.39, 0.29) is 12.0 Å². The van der Waals surface area contributed by atoms with Crippen LogP contribution in [0.4, 0.5) is 0 Å². The van der Waals surface area contributed by atoms with Crippen molar-refractivity contribution in [1.82, 2.24) is 4.90 Å². The Balaban J connectivity index is 1.82. The molecule has 1 saturated carbocycles. The van der Waals surface area contributed by atoms with Crippen LogP contribution in [0.15, 0.2) is 18.2 Å². The third-order valence-electron chi connectivity index (χ3n) is 5.10. The van der Waals surface area contributed by atoms with Crippen molar-refractivity contribution < 1.29 is 14.3 Å². The summed E-state index contributed by atoms with van der Waals surface area (Å²) in [4.78, 5) is 14.0. The predicted molar refractivity (Wildman–Crippen MR) is 95.4 cm³/mol. The third-order valence-corrected chi connectivity index (χ3v) is 5.10. The van der Waals surface area contributed by atoms with Crippen molar-refractivity contribution in [3.8, 4) is 17.6 Å². The average Bonchev–Trinajstić information content (AvgIpc) is 2.91. The monoisotopic (exact) mass is 340 g/mol. The van der Waals surface area contributed by atoms with Gasteiger partial charge in [0.15, 0.2) is 0 Å². The van der Waals surface area contributed by atoms with Crippen molar-refractivity contribution in [2.45, 2.75) is 51.2 Å². The van der Waals surface area contributed by atoms with Gasteiger partial charge in [-0.3, -0.25) is 4.79 Å². The molecule has 1 atom stereocenters. The van der Waals surface area contributed by atoms with Crippen LogP contribution in [0.25, 0.3) is 6.08 Å². The Morgan fingerprint density at radius 3 is 2.88 bits per heavy atom. The summed E-state index contributed by atoms with van der Waals surface area (Å²) in [5, 5.41) is 9.38. The van der Waals surface area contributed by atoms with Gasteiger partial charge in [-0.25, -0.2) is 0 Å². The number of amides is 1. The zero-order valence-electron chi connectivity index (χ0n) is 15.0. The molecule has 3 rings (SSSR count). The molecule has 0 saturated heterocycles. The number of hydrogen-bond donors (Lipinski definition) is 0. The lowest BCUT2D eigenvalue weighted by Gasteiger charge is -2.42. The standard InChI is InChI=1S/C20H24N2O3/c1-4-24-17-12-16-10-14(2)25-18(16)11-15(17)6-7-19(23)22(3)20(13-21)8-5-9-20/h6-7,11-12,14H,4-5,8-10H2,1-3H3/b7-6+. The summed E-state index contributed by atoms with van der Waals surface area (Å²) >= 11 is 0. The Hall–Kier alpha value is -2.48. The zero-order chi connectivity index (χ0) is 18.0. The second-order valence-corrected chi connectivity index (χ2v) is 6.79. The normalized spacial score (nSPS) is 20.3. The van der Waals surface area contributed by atoms with Crippen LogP contribution in [0.1, 0.15) is 44.2 Å². The van der Waals surface area contributed by atoms with Crippen LogP contribution >= 0.6 is 0 Å². The van der Waals surface area contributed by atoms with E-state index in [4.69, 9.17) is 9.47 Å². The van der Waals surface area contributed by atoms with Crippen LogP contribution in [0, 0.1) is 11.3 Å². The molecule has 1 aliphatic carbocycles. The quantitative estimate of drug-likeness (QED) is 0.771. The van der Waals surface area contributed by atoms with Gasteiger partial charge in [-0.2, -0.15) is 5.26 Å². The number of nitriles is 1. The number of nitrogens with zero attached hydrogens (tertiary/aromatic N) is 2. The molecule has 1 fully saturated rings. The summed E-state index contributed by atoms with van der Waals surface area (Å²) in [5.74, 6) is 1.44. The zero-order valence-corrected chi connectivity index (χ0v) is 15.0. The summed E-state index contributed by atoms with van der Waals surface area (Å²) in [7, 11) is 1.70. The number of rotatable bonds is 5. The summed E-state index contributed by atoms with van der Waals surface area (Å²) in [6.45, 7) is 4.53. The summed E-state index contributed by atoms with van der Waals surface area (Å²) < 4.78 is 11.5. The smallest absolute Gasteiger partial charge is 0.247 e. The van der Waals surface area contributed by atoms with E-state index >= 15 is 0 Å². The molecule has 1 aromatic carbocycles. The van der Waals surface area contributed by atoms with E-state index in [9.17, 15) is 10.1 Å². The number of hydrogen-bond acceptors (Lipinski definition) is 4. The van der Waals surface area contributed by atoms with Crippen LogP contribution in [-0.4, -0.2) is 36.1 Å². The Labute approximate surface area is 148 Å². The molecule has 1 heterocycles. The molecular weight excluding hydrogens is 316 g/mol. The lowest BCUT2D eigenvalue weighted by Crippen LogP contribution is -2.52. The van der Waals surface area contributed by atoms with E-state index in [0.717, 1.165) is 48.3 Å². The van der Waals surface area contributed by atoms with Crippen molar-refractivity contribution in [1.29, 1.82) is 5.26 Å². The fraction of sp³-hybridized carbons (Fsp3) is 0.500. The number of ether oxygens (including phenoxy) is 2. The van der Waals surface area contributed by atoms with Crippen molar-refractivity contribution in [3.05, 3.63) is 29.3 Å². The number of carbonyl (C=O) groups is 1. The van der Waals surface area contributed by atoms with E-state index in [1.165, 1.54) is 6.08 Å². The second kappa shape index (κ2) is 6.79. The van der Waals surface area contributed by atoms with Gasteiger partial charge < -0.3 is 14.4 Å². The first kappa shape index (κ1) is 17.3. The Kier molecular flexibility index (Phi) is 4.71. The Morgan fingerprint density at radius 2 is 2.28 bits per heavy atom. The highest BCUT2D eigenvalue weighted by molar-refractivity contribution is 5.93. The van der Waals surface area contributed by atoms with Crippen LogP contribution in [0.5, 0.6) is 11.5 Å². The molecular formula is C20H24N2O3. The molecule has 0 spiro atoms. The molecule has 0 radical (unpaired) electrons. The number of likely N-dealkylation sites (N-methyl/N-ethyl adjacent to an activating group) is 1. The van der Waals surface area contributed by atoms with Gasteiger partial charge in [0.05, 0.1) is 12.7 Å². The molecule has 25 heavy (non-hydrogen) atoms. The minimum Gasteiger partial charge on any atom is -0.493 e. The predicted octanol–water partition coefficient (Wildman–Crippen LogP) is 3.33. The molecule has 5 nitrogen and oxygen atoms in total. The van der Waals surface area contributed by atoms with E-state index in [0.29, 0.717) is 6.61 Å². The van der Waals surface area contributed by atoms with Gasteiger partial charge in [0.25, 0.3) is 0 Å². The van der Waals surface area contributed by atoms with Gasteiger partial charge in [-0.1, -0.05) is 0 Å². The van der Waals surface area contributed by atoms with Gasteiger partial charge in [0.2, 0.25) is 5.91 Å². The van der Waals surface area contributed by atoms with Crippen LogP contribution in [0.2, 0.25) is 0 Å². The summed E-state index contributed by atoms with van der Waals surface area (Å²) in [6.07, 6.45) is 6.77. The highest BCUT2D eigenvalue weighted by Gasteiger charge is 2.42. The molecule has 1 amide bonds. The maximum Gasteiger partial charge on any atom is 0.247 e. The molecule has 0 bridgehead atoms. The Morgan fingerprint density at radius 1 is 1.52 bits per heavy atom. The molecule has 0 N–H and O–H groups in total. The minimum absolute atomic E-state index is 0.158. The van der Waals surface area contributed by atoms with Crippen molar-refractivity contribution >= 4 is 12.0 Å². The molecule has 1 unspecified atom stereocenters. The second-order valence-electron chi connectivity index (χ2n) is 6.79. The Bertz CT molecular complexity index is 744. The van der Waals surface area contributed by atoms with Gasteiger partial charge in [-0.05, 0) is 51.3 Å². The fourth-order valence-corrected chi connectivity index (χ4v) is 3.38. The van der Waals surface area contributed by atoms with E-state index < -0.39 is 5.54 Å². The molecule has 2 aliphatic rings. The number of carbonyl (C=O) groups excluding carboxylic acids is 1. The molecule has 0 aromatic heterocycles. The largest absolute Gasteiger partial charge is 0.493 e. The summed E-state index contributed by atoms with van der Waals surface area (Å²) in [6, 6.07) is 6.22. The number of benzene rings is 1. The molecule has 132 valence electrons. The van der Waals surface area contributed by atoms with Gasteiger partial charge in [0.1, 0.15) is 23.1 Å². The number of fused-ring (bicyclic) bond motifs is 1. The SMILES string of the molecule is CCOc1cc2c(cc1/C=C/C(=O)N(C)C1(C#N)CCC1)OC(C)C2. The van der Waals surface area contributed by atoms with Crippen molar-refractivity contribution in [2.75, 3.05) is 13.7 Å². The van der Waals surface area contributed by atoms with Crippen LogP contribution in [0.3, 0.4) is 0 Å². The lowest BCUT2D eigenvalue weighted by atomic mass is 9.76. The van der Waals surface area contributed by atoms with Crippen molar-refractivity contribution in [2.24, 2.45) is 0 Å². The summed E-state index contributed by atoms with van der Waals surface area (Å²) in [5.41, 5.74) is 1.31. The van der Waals surface area contributed by atoms with Crippen LogP contribution < -0.4 is 9.47 Å². The first-order valence-electron chi connectivity index (χ1n) is 8.82. The van der Waals surface area contributed by atoms with Crippen LogP contribution in [-0.2, 0) is 11.2 Å². The third kappa shape index (κ3) is 3.21. The van der Waals surface area contributed by atoms with Crippen molar-refractivity contribution in [3.63, 3.8) is 0 Å². The highest BCUT2D eigenvalue weighted by Crippen LogP contribution is 2.37. The topological polar surface area (TPSA) is 62.6 Å².